The van der Waals surface area contributed by atoms with E-state index in [1.54, 1.807) is 11.1 Å². The molecule has 1 saturated heterocycles. The molecule has 2 rings (SSSR count). The van der Waals surface area contributed by atoms with Crippen molar-refractivity contribution in [3.8, 4) is 0 Å². The first-order valence-corrected chi connectivity index (χ1v) is 7.93. The van der Waals surface area contributed by atoms with Crippen LogP contribution in [0.4, 0.5) is 0 Å². The Kier molecular flexibility index (Phi) is 5.53. The number of likely N-dealkylation sites (tertiary alicyclic amines) is 1. The van der Waals surface area contributed by atoms with Gasteiger partial charge in [-0.25, -0.2) is 0 Å². The fourth-order valence-corrected chi connectivity index (χ4v) is 2.63. The van der Waals surface area contributed by atoms with Crippen molar-refractivity contribution in [3.63, 3.8) is 0 Å². The third-order valence-electron chi connectivity index (χ3n) is 3.95. The molecular formula is C18H24N2O3. The Bertz CT molecular complexity index is 569. The lowest BCUT2D eigenvalue weighted by Gasteiger charge is -2.26. The Labute approximate surface area is 137 Å². The van der Waals surface area contributed by atoms with Gasteiger partial charge in [0.15, 0.2) is 0 Å². The van der Waals surface area contributed by atoms with Crippen molar-refractivity contribution in [2.75, 3.05) is 6.54 Å². The van der Waals surface area contributed by atoms with E-state index < -0.39 is 11.5 Å². The molecule has 0 spiro atoms. The highest BCUT2D eigenvalue weighted by Gasteiger charge is 2.37. The van der Waals surface area contributed by atoms with Crippen molar-refractivity contribution in [1.29, 1.82) is 0 Å². The fourth-order valence-electron chi connectivity index (χ4n) is 2.63. The van der Waals surface area contributed by atoms with Crippen molar-refractivity contribution < 1.29 is 14.3 Å². The number of esters is 1. The van der Waals surface area contributed by atoms with Gasteiger partial charge < -0.3 is 9.64 Å². The Morgan fingerprint density at radius 3 is 2.96 bits per heavy atom. The molecule has 23 heavy (non-hydrogen) atoms. The van der Waals surface area contributed by atoms with Gasteiger partial charge in [0.2, 0.25) is 5.91 Å². The summed E-state index contributed by atoms with van der Waals surface area (Å²) in [4.78, 5) is 30.3. The summed E-state index contributed by atoms with van der Waals surface area (Å²) in [7, 11) is 0. The molecule has 5 heteroatoms. The Hall–Kier alpha value is -2.17. The molecule has 0 N–H and O–H groups in total. The number of allylic oxidation sites excluding steroid dienone is 1. The second-order valence-electron chi connectivity index (χ2n) is 6.50. The maximum atomic E-state index is 12.3. The van der Waals surface area contributed by atoms with E-state index in [0.29, 0.717) is 13.1 Å². The maximum absolute atomic E-state index is 12.3. The van der Waals surface area contributed by atoms with Crippen molar-refractivity contribution in [1.82, 2.24) is 9.88 Å². The third-order valence-corrected chi connectivity index (χ3v) is 3.95. The van der Waals surface area contributed by atoms with Gasteiger partial charge in [0, 0.05) is 19.2 Å². The molecule has 1 atom stereocenters. The lowest BCUT2D eigenvalue weighted by Crippen LogP contribution is -2.33. The smallest absolute Gasteiger partial charge is 0.311 e. The van der Waals surface area contributed by atoms with Crippen LogP contribution in [0.5, 0.6) is 0 Å². The first-order chi connectivity index (χ1) is 10.9. The Morgan fingerprint density at radius 1 is 1.52 bits per heavy atom. The van der Waals surface area contributed by atoms with Crippen molar-refractivity contribution in [2.24, 2.45) is 5.92 Å². The summed E-state index contributed by atoms with van der Waals surface area (Å²) in [6.45, 7) is 8.28. The average Bonchev–Trinajstić information content (AvgIpc) is 2.87. The molecule has 0 saturated carbocycles. The predicted molar refractivity (Wildman–Crippen MR) is 87.4 cm³/mol. The van der Waals surface area contributed by atoms with E-state index in [-0.39, 0.29) is 18.3 Å². The fraction of sp³-hybridized carbons (Fsp3) is 0.500. The molecule has 1 fully saturated rings. The third kappa shape index (κ3) is 4.91. The number of carbonyl (C=O) groups is 2. The monoisotopic (exact) mass is 316 g/mol. The summed E-state index contributed by atoms with van der Waals surface area (Å²) in [5.74, 6) is -0.716. The summed E-state index contributed by atoms with van der Waals surface area (Å²) in [6.07, 6.45) is 5.23. The minimum Gasteiger partial charge on any atom is -0.459 e. The molecule has 1 aromatic rings. The average molecular weight is 316 g/mol. The summed E-state index contributed by atoms with van der Waals surface area (Å²) < 4.78 is 5.59. The highest BCUT2D eigenvalue weighted by molar-refractivity contribution is 5.86. The molecule has 0 radical (unpaired) electrons. The molecule has 1 aliphatic heterocycles. The van der Waals surface area contributed by atoms with Gasteiger partial charge in [-0.1, -0.05) is 12.1 Å². The molecule has 124 valence electrons. The van der Waals surface area contributed by atoms with Crippen LogP contribution < -0.4 is 0 Å². The summed E-state index contributed by atoms with van der Waals surface area (Å²) in [5.41, 5.74) is 0.282. The number of hydrogen-bond donors (Lipinski definition) is 0. The Morgan fingerprint density at radius 2 is 2.30 bits per heavy atom. The largest absolute Gasteiger partial charge is 0.459 e. The van der Waals surface area contributed by atoms with Gasteiger partial charge in [0.1, 0.15) is 5.60 Å². The van der Waals surface area contributed by atoms with Crippen LogP contribution >= 0.6 is 0 Å². The van der Waals surface area contributed by atoms with Gasteiger partial charge in [0.05, 0.1) is 18.2 Å². The first-order valence-electron chi connectivity index (χ1n) is 7.93. The van der Waals surface area contributed by atoms with Crippen LogP contribution in [0, 0.1) is 5.92 Å². The highest BCUT2D eigenvalue weighted by atomic mass is 16.6. The summed E-state index contributed by atoms with van der Waals surface area (Å²) >= 11 is 0. The number of hydrogen-bond acceptors (Lipinski definition) is 4. The normalized spacial score (nSPS) is 18.1. The van der Waals surface area contributed by atoms with Crippen LogP contribution in [0.2, 0.25) is 0 Å². The number of aromatic nitrogens is 1. The predicted octanol–water partition coefficient (Wildman–Crippen LogP) is 2.72. The van der Waals surface area contributed by atoms with E-state index in [1.165, 1.54) is 0 Å². The van der Waals surface area contributed by atoms with Crippen LogP contribution in [0.1, 0.15) is 38.8 Å². The van der Waals surface area contributed by atoms with Gasteiger partial charge >= 0.3 is 5.97 Å². The molecular weight excluding hydrogens is 292 g/mol. The number of nitrogens with zero attached hydrogens (tertiary/aromatic N) is 2. The van der Waals surface area contributed by atoms with Crippen molar-refractivity contribution in [3.05, 3.63) is 42.7 Å². The zero-order chi connectivity index (χ0) is 16.9. The molecule has 2 heterocycles. The van der Waals surface area contributed by atoms with Crippen LogP contribution in [-0.2, 0) is 20.9 Å². The first kappa shape index (κ1) is 17.2. The van der Waals surface area contributed by atoms with Gasteiger partial charge in [-0.3, -0.25) is 14.6 Å². The van der Waals surface area contributed by atoms with E-state index in [9.17, 15) is 9.59 Å². The van der Waals surface area contributed by atoms with Gasteiger partial charge in [0.25, 0.3) is 0 Å². The quantitative estimate of drug-likeness (QED) is 0.573. The Balaban J connectivity index is 1.91. The molecule has 5 nitrogen and oxygen atoms in total. The number of amides is 1. The summed E-state index contributed by atoms with van der Waals surface area (Å²) in [6, 6.07) is 5.59. The van der Waals surface area contributed by atoms with Crippen LogP contribution in [0.15, 0.2) is 37.1 Å². The zero-order valence-electron chi connectivity index (χ0n) is 13.8. The molecule has 0 aromatic carbocycles. The zero-order valence-corrected chi connectivity index (χ0v) is 13.8. The molecule has 1 amide bonds. The topological polar surface area (TPSA) is 59.5 Å². The van der Waals surface area contributed by atoms with E-state index in [4.69, 9.17) is 4.74 Å². The second kappa shape index (κ2) is 7.40. The SMILES string of the molecule is C=CCCC(C)(C)OC(=O)C1CC(=O)N(Cc2ccccn2)C1. The molecule has 1 aromatic heterocycles. The standard InChI is InChI=1S/C18H24N2O3/c1-4-5-9-18(2,3)23-17(22)14-11-16(21)20(12-14)13-15-8-6-7-10-19-15/h4,6-8,10,14H,1,5,9,11-13H2,2-3H3. The molecule has 1 aliphatic rings. The number of carbonyl (C=O) groups excluding carboxylic acids is 2. The number of rotatable bonds is 7. The second-order valence-corrected chi connectivity index (χ2v) is 6.50. The summed E-state index contributed by atoms with van der Waals surface area (Å²) in [5, 5.41) is 0. The van der Waals surface area contributed by atoms with E-state index in [0.717, 1.165) is 18.5 Å². The molecule has 0 aliphatic carbocycles. The van der Waals surface area contributed by atoms with E-state index in [2.05, 4.69) is 11.6 Å². The minimum atomic E-state index is -0.539. The molecule has 0 bridgehead atoms. The minimum absolute atomic E-state index is 0.0264. The number of ether oxygens (including phenoxy) is 1. The lowest BCUT2D eigenvalue weighted by molar-refractivity contribution is -0.161. The van der Waals surface area contributed by atoms with Crippen LogP contribution in [0.3, 0.4) is 0 Å². The van der Waals surface area contributed by atoms with Gasteiger partial charge in [-0.15, -0.1) is 6.58 Å². The number of pyridine rings is 1. The lowest BCUT2D eigenvalue weighted by atomic mass is 10.0. The molecule has 1 unspecified atom stereocenters. The van der Waals surface area contributed by atoms with E-state index >= 15 is 0 Å². The van der Waals surface area contributed by atoms with Gasteiger partial charge in [-0.05, 0) is 38.8 Å². The van der Waals surface area contributed by atoms with E-state index in [1.807, 2.05) is 38.1 Å². The van der Waals surface area contributed by atoms with Crippen molar-refractivity contribution >= 4 is 11.9 Å². The highest BCUT2D eigenvalue weighted by Crippen LogP contribution is 2.25. The van der Waals surface area contributed by atoms with Crippen LogP contribution in [-0.4, -0.2) is 33.9 Å². The van der Waals surface area contributed by atoms with Crippen molar-refractivity contribution in [2.45, 2.75) is 45.3 Å². The van der Waals surface area contributed by atoms with Gasteiger partial charge in [-0.2, -0.15) is 0 Å². The van der Waals surface area contributed by atoms with Crippen LogP contribution in [0.25, 0.3) is 0 Å². The maximum Gasteiger partial charge on any atom is 0.311 e.